The quantitative estimate of drug-likeness (QED) is 0.308. The van der Waals surface area contributed by atoms with E-state index in [-0.39, 0.29) is 11.3 Å². The highest BCUT2D eigenvalue weighted by Gasteiger charge is 2.15. The third-order valence-electron chi connectivity index (χ3n) is 3.43. The number of hydrogen-bond acceptors (Lipinski definition) is 5. The van der Waals surface area contributed by atoms with Gasteiger partial charge < -0.3 is 0 Å². The van der Waals surface area contributed by atoms with Gasteiger partial charge in [0.25, 0.3) is 5.69 Å². The van der Waals surface area contributed by atoms with Crippen LogP contribution in [-0.2, 0) is 0 Å². The molecular formula is C17H11FN4O3. The third kappa shape index (κ3) is 3.63. The second-order valence-corrected chi connectivity index (χ2v) is 5.05. The molecule has 124 valence electrons. The van der Waals surface area contributed by atoms with Gasteiger partial charge in [-0.2, -0.15) is 5.10 Å². The van der Waals surface area contributed by atoms with Crippen molar-refractivity contribution in [1.82, 2.24) is 14.8 Å². The molecule has 0 saturated carbocycles. The standard InChI is InChI=1S/C17H11FN4O3/c18-16-7-6-14(22(24)25)9-15(16)17(23)8-3-12-1-4-13(5-2-12)21-11-19-10-20-21/h1-11H. The molecule has 0 amide bonds. The average Bonchev–Trinajstić information content (AvgIpc) is 3.15. The number of allylic oxidation sites excluding steroid dienone is 1. The van der Waals surface area contributed by atoms with E-state index in [4.69, 9.17) is 0 Å². The van der Waals surface area contributed by atoms with Crippen molar-refractivity contribution in [3.05, 3.63) is 88.3 Å². The highest BCUT2D eigenvalue weighted by atomic mass is 19.1. The number of ketones is 1. The van der Waals surface area contributed by atoms with Crippen LogP contribution < -0.4 is 0 Å². The van der Waals surface area contributed by atoms with Crippen LogP contribution in [0.15, 0.2) is 61.2 Å². The Kier molecular flexibility index (Phi) is 4.42. The SMILES string of the molecule is O=C(C=Cc1ccc(-n2cncn2)cc1)c1cc([N+](=O)[O-])ccc1F. The predicted molar refractivity (Wildman–Crippen MR) is 87.8 cm³/mol. The molecule has 0 N–H and O–H groups in total. The average molecular weight is 338 g/mol. The molecule has 0 radical (unpaired) electrons. The Morgan fingerprint density at radius 2 is 1.96 bits per heavy atom. The van der Waals surface area contributed by atoms with Crippen molar-refractivity contribution in [2.24, 2.45) is 0 Å². The maximum Gasteiger partial charge on any atom is 0.270 e. The molecular weight excluding hydrogens is 327 g/mol. The largest absolute Gasteiger partial charge is 0.289 e. The van der Waals surface area contributed by atoms with Crippen LogP contribution in [-0.4, -0.2) is 25.5 Å². The monoisotopic (exact) mass is 338 g/mol. The van der Waals surface area contributed by atoms with Gasteiger partial charge in [0.2, 0.25) is 0 Å². The first-order valence-corrected chi connectivity index (χ1v) is 7.16. The zero-order valence-electron chi connectivity index (χ0n) is 12.7. The first-order valence-electron chi connectivity index (χ1n) is 7.16. The summed E-state index contributed by atoms with van der Waals surface area (Å²) in [6.45, 7) is 0. The van der Waals surface area contributed by atoms with Crippen LogP contribution in [0.3, 0.4) is 0 Å². The fourth-order valence-electron chi connectivity index (χ4n) is 2.16. The van der Waals surface area contributed by atoms with Crippen molar-refractivity contribution in [1.29, 1.82) is 0 Å². The summed E-state index contributed by atoms with van der Waals surface area (Å²) in [6.07, 6.45) is 5.65. The Morgan fingerprint density at radius 1 is 1.20 bits per heavy atom. The molecule has 3 aromatic rings. The van der Waals surface area contributed by atoms with E-state index in [1.54, 1.807) is 35.3 Å². The van der Waals surface area contributed by atoms with Crippen LogP contribution in [0.1, 0.15) is 15.9 Å². The van der Waals surface area contributed by atoms with Gasteiger partial charge in [0, 0.05) is 12.1 Å². The molecule has 0 aliphatic carbocycles. The number of aromatic nitrogens is 3. The van der Waals surface area contributed by atoms with Crippen LogP contribution in [0.2, 0.25) is 0 Å². The van der Waals surface area contributed by atoms with Crippen LogP contribution in [0.25, 0.3) is 11.8 Å². The van der Waals surface area contributed by atoms with E-state index in [0.717, 1.165) is 23.9 Å². The summed E-state index contributed by atoms with van der Waals surface area (Å²) in [5.41, 5.74) is 0.828. The van der Waals surface area contributed by atoms with Crippen molar-refractivity contribution in [2.75, 3.05) is 0 Å². The van der Waals surface area contributed by atoms with Crippen LogP contribution in [0, 0.1) is 15.9 Å². The molecule has 0 unspecified atom stereocenters. The molecule has 1 heterocycles. The zero-order chi connectivity index (χ0) is 17.8. The maximum atomic E-state index is 13.7. The number of non-ortho nitro benzene ring substituents is 1. The summed E-state index contributed by atoms with van der Waals surface area (Å²) in [7, 11) is 0. The number of carbonyl (C=O) groups excluding carboxylic acids is 1. The molecule has 0 atom stereocenters. The molecule has 25 heavy (non-hydrogen) atoms. The van der Waals surface area contributed by atoms with E-state index < -0.39 is 16.5 Å². The van der Waals surface area contributed by atoms with E-state index in [1.165, 1.54) is 18.5 Å². The van der Waals surface area contributed by atoms with Crippen molar-refractivity contribution in [2.45, 2.75) is 0 Å². The minimum atomic E-state index is -0.804. The van der Waals surface area contributed by atoms with Crippen molar-refractivity contribution in [3.8, 4) is 5.69 Å². The lowest BCUT2D eigenvalue weighted by Crippen LogP contribution is -2.00. The molecule has 7 nitrogen and oxygen atoms in total. The van der Waals surface area contributed by atoms with Crippen molar-refractivity contribution < 1.29 is 14.1 Å². The van der Waals surface area contributed by atoms with E-state index >= 15 is 0 Å². The second kappa shape index (κ2) is 6.83. The van der Waals surface area contributed by atoms with E-state index in [9.17, 15) is 19.3 Å². The van der Waals surface area contributed by atoms with Crippen molar-refractivity contribution >= 4 is 17.5 Å². The van der Waals surface area contributed by atoms with E-state index in [0.29, 0.717) is 5.56 Å². The first kappa shape index (κ1) is 16.2. The molecule has 8 heteroatoms. The molecule has 0 aliphatic rings. The van der Waals surface area contributed by atoms with Crippen LogP contribution >= 0.6 is 0 Å². The fraction of sp³-hybridized carbons (Fsp3) is 0. The van der Waals surface area contributed by atoms with Crippen LogP contribution in [0.4, 0.5) is 10.1 Å². The van der Waals surface area contributed by atoms with Crippen LogP contribution in [0.5, 0.6) is 0 Å². The number of nitrogens with zero attached hydrogens (tertiary/aromatic N) is 4. The lowest BCUT2D eigenvalue weighted by molar-refractivity contribution is -0.384. The molecule has 0 saturated heterocycles. The summed E-state index contributed by atoms with van der Waals surface area (Å²) in [4.78, 5) is 26.0. The molecule has 3 rings (SSSR count). The Labute approximate surface area is 141 Å². The van der Waals surface area contributed by atoms with E-state index in [2.05, 4.69) is 10.1 Å². The summed E-state index contributed by atoms with van der Waals surface area (Å²) >= 11 is 0. The Bertz CT molecular complexity index is 951. The highest BCUT2D eigenvalue weighted by Crippen LogP contribution is 2.18. The molecule has 0 aliphatic heterocycles. The summed E-state index contributed by atoms with van der Waals surface area (Å²) in [5.74, 6) is -1.46. The third-order valence-corrected chi connectivity index (χ3v) is 3.43. The number of nitro groups is 1. The Morgan fingerprint density at radius 3 is 2.60 bits per heavy atom. The predicted octanol–water partition coefficient (Wildman–Crippen LogP) is 3.21. The topological polar surface area (TPSA) is 90.9 Å². The van der Waals surface area contributed by atoms with Gasteiger partial charge in [0.1, 0.15) is 18.5 Å². The fourth-order valence-corrected chi connectivity index (χ4v) is 2.16. The molecule has 0 bridgehead atoms. The summed E-state index contributed by atoms with van der Waals surface area (Å²) in [6, 6.07) is 9.93. The van der Waals surface area contributed by atoms with Gasteiger partial charge >= 0.3 is 0 Å². The number of nitro benzene ring substituents is 1. The number of hydrogen-bond donors (Lipinski definition) is 0. The first-order chi connectivity index (χ1) is 12.0. The number of carbonyl (C=O) groups is 1. The van der Waals surface area contributed by atoms with Gasteiger partial charge in [0.05, 0.1) is 16.2 Å². The van der Waals surface area contributed by atoms with Gasteiger partial charge in [-0.25, -0.2) is 14.1 Å². The van der Waals surface area contributed by atoms with Gasteiger partial charge in [-0.3, -0.25) is 14.9 Å². The molecule has 0 fully saturated rings. The smallest absolute Gasteiger partial charge is 0.270 e. The summed E-state index contributed by atoms with van der Waals surface area (Å²) in [5, 5.41) is 14.7. The highest BCUT2D eigenvalue weighted by molar-refractivity contribution is 6.07. The minimum Gasteiger partial charge on any atom is -0.289 e. The second-order valence-electron chi connectivity index (χ2n) is 5.05. The summed E-state index contributed by atoms with van der Waals surface area (Å²) < 4.78 is 15.3. The molecule has 0 spiro atoms. The minimum absolute atomic E-state index is 0.338. The maximum absolute atomic E-state index is 13.7. The number of halogens is 1. The molecule has 1 aromatic heterocycles. The Hall–Kier alpha value is -3.68. The van der Waals surface area contributed by atoms with Gasteiger partial charge in [-0.1, -0.05) is 18.2 Å². The van der Waals surface area contributed by atoms with E-state index in [1.807, 2.05) is 0 Å². The van der Waals surface area contributed by atoms with Crippen molar-refractivity contribution in [3.63, 3.8) is 0 Å². The lowest BCUT2D eigenvalue weighted by Gasteiger charge is -2.01. The Balaban J connectivity index is 1.79. The molecule has 2 aromatic carbocycles. The lowest BCUT2D eigenvalue weighted by atomic mass is 10.1. The normalized spacial score (nSPS) is 10.9. The number of rotatable bonds is 5. The van der Waals surface area contributed by atoms with Gasteiger partial charge in [-0.05, 0) is 29.8 Å². The number of benzene rings is 2. The van der Waals surface area contributed by atoms with Gasteiger partial charge in [0.15, 0.2) is 5.78 Å². The zero-order valence-corrected chi connectivity index (χ0v) is 12.7. The van der Waals surface area contributed by atoms with Gasteiger partial charge in [-0.15, -0.1) is 0 Å².